The molecule has 21 heavy (non-hydrogen) atoms. The zero-order chi connectivity index (χ0) is 14.7. The van der Waals surface area contributed by atoms with Crippen molar-refractivity contribution in [1.82, 2.24) is 19.7 Å². The molecule has 0 saturated heterocycles. The zero-order valence-electron chi connectivity index (χ0n) is 12.7. The quantitative estimate of drug-likeness (QED) is 0.754. The van der Waals surface area contributed by atoms with Crippen LogP contribution in [-0.2, 0) is 19.6 Å². The number of hydrogen-bond acceptors (Lipinski definition) is 2. The van der Waals surface area contributed by atoms with Crippen LogP contribution in [-0.4, -0.2) is 20.4 Å². The van der Waals surface area contributed by atoms with E-state index >= 15 is 0 Å². The van der Waals surface area contributed by atoms with Crippen molar-refractivity contribution in [2.75, 3.05) is 0 Å². The van der Waals surface area contributed by atoms with E-state index in [1.54, 1.807) is 0 Å². The van der Waals surface area contributed by atoms with Gasteiger partial charge in [0.15, 0.2) is 0 Å². The van der Waals surface area contributed by atoms with Gasteiger partial charge in [-0.05, 0) is 35.2 Å². The molecule has 0 atom stereocenters. The van der Waals surface area contributed by atoms with Crippen LogP contribution >= 0.6 is 0 Å². The Labute approximate surface area is 125 Å². The van der Waals surface area contributed by atoms with Gasteiger partial charge in [-0.2, -0.15) is 5.10 Å². The first kappa shape index (κ1) is 13.9. The van der Waals surface area contributed by atoms with Crippen LogP contribution in [0.1, 0.15) is 19.4 Å². The van der Waals surface area contributed by atoms with Crippen molar-refractivity contribution in [3.05, 3.63) is 54.5 Å². The van der Waals surface area contributed by atoms with Crippen molar-refractivity contribution < 1.29 is 0 Å². The van der Waals surface area contributed by atoms with E-state index in [-0.39, 0.29) is 0 Å². The van der Waals surface area contributed by atoms with Crippen molar-refractivity contribution >= 4 is 10.9 Å². The number of fused-ring (bicyclic) bond motifs is 1. The first-order valence-electron chi connectivity index (χ1n) is 7.51. The second kappa shape index (κ2) is 6.14. The third-order valence-corrected chi connectivity index (χ3v) is 3.68. The summed E-state index contributed by atoms with van der Waals surface area (Å²) in [4.78, 5) is 0. The summed E-state index contributed by atoms with van der Waals surface area (Å²) < 4.78 is 4.25. The fraction of sp³-hybridized carbons (Fsp3) is 0.353. The Bertz CT molecular complexity index is 695. The minimum absolute atomic E-state index is 0.513. The van der Waals surface area contributed by atoms with Gasteiger partial charge in [0, 0.05) is 43.2 Å². The number of benzene rings is 1. The molecule has 0 radical (unpaired) electrons. The fourth-order valence-electron chi connectivity index (χ4n) is 2.52. The second-order valence-corrected chi connectivity index (χ2v) is 5.71. The summed E-state index contributed by atoms with van der Waals surface area (Å²) in [6.07, 6.45) is 5.98. The molecule has 3 rings (SSSR count). The lowest BCUT2D eigenvalue weighted by atomic mass is 10.1. The summed E-state index contributed by atoms with van der Waals surface area (Å²) in [5, 5.41) is 9.01. The Morgan fingerprint density at radius 1 is 1.14 bits per heavy atom. The van der Waals surface area contributed by atoms with E-state index in [0.717, 1.165) is 19.6 Å². The maximum Gasteiger partial charge on any atom is 0.0588 e. The largest absolute Gasteiger partial charge is 0.346 e. The van der Waals surface area contributed by atoms with Crippen LogP contribution in [0.15, 0.2) is 48.9 Å². The fourth-order valence-corrected chi connectivity index (χ4v) is 2.52. The van der Waals surface area contributed by atoms with Crippen molar-refractivity contribution in [3.63, 3.8) is 0 Å². The highest BCUT2D eigenvalue weighted by atomic mass is 15.3. The van der Waals surface area contributed by atoms with Crippen molar-refractivity contribution in [3.8, 4) is 0 Å². The smallest absolute Gasteiger partial charge is 0.0588 e. The predicted octanol–water partition coefficient (Wildman–Crippen LogP) is 3.04. The number of aromatic nitrogens is 3. The molecular weight excluding hydrogens is 260 g/mol. The third-order valence-electron chi connectivity index (χ3n) is 3.68. The van der Waals surface area contributed by atoms with Gasteiger partial charge in [-0.15, -0.1) is 0 Å². The molecule has 0 spiro atoms. The van der Waals surface area contributed by atoms with Crippen LogP contribution in [0.5, 0.6) is 0 Å². The van der Waals surface area contributed by atoms with Gasteiger partial charge in [-0.3, -0.25) is 4.68 Å². The Morgan fingerprint density at radius 2 is 2.05 bits per heavy atom. The highest BCUT2D eigenvalue weighted by Gasteiger charge is 2.03. The van der Waals surface area contributed by atoms with Crippen LogP contribution in [0.2, 0.25) is 0 Å². The van der Waals surface area contributed by atoms with E-state index in [1.807, 2.05) is 23.1 Å². The van der Waals surface area contributed by atoms with Gasteiger partial charge in [0.1, 0.15) is 0 Å². The van der Waals surface area contributed by atoms with E-state index < -0.39 is 0 Å². The SMILES string of the molecule is CC(C)NCc1ccc2c(ccn2CCn2cccn2)c1. The van der Waals surface area contributed by atoms with E-state index in [2.05, 4.69) is 59.3 Å². The summed E-state index contributed by atoms with van der Waals surface area (Å²) in [6.45, 7) is 7.10. The molecule has 0 aliphatic heterocycles. The summed E-state index contributed by atoms with van der Waals surface area (Å²) >= 11 is 0. The van der Waals surface area contributed by atoms with Gasteiger partial charge in [-0.25, -0.2) is 0 Å². The lowest BCUT2D eigenvalue weighted by Gasteiger charge is -2.09. The lowest BCUT2D eigenvalue weighted by molar-refractivity contribution is 0.543. The normalized spacial score (nSPS) is 11.6. The molecule has 4 nitrogen and oxygen atoms in total. The summed E-state index contributed by atoms with van der Waals surface area (Å²) in [5.74, 6) is 0. The number of hydrogen-bond donors (Lipinski definition) is 1. The van der Waals surface area contributed by atoms with Crippen LogP contribution in [0.25, 0.3) is 10.9 Å². The van der Waals surface area contributed by atoms with Crippen molar-refractivity contribution in [2.45, 2.75) is 39.5 Å². The molecule has 110 valence electrons. The van der Waals surface area contributed by atoms with Crippen molar-refractivity contribution in [2.24, 2.45) is 0 Å². The van der Waals surface area contributed by atoms with Crippen LogP contribution < -0.4 is 5.32 Å². The standard InChI is InChI=1S/C17H22N4/c1-14(2)18-13-15-4-5-17-16(12-15)6-9-20(17)10-11-21-8-3-7-19-21/h3-9,12,14,18H,10-11,13H2,1-2H3. The monoisotopic (exact) mass is 282 g/mol. The van der Waals surface area contributed by atoms with Crippen LogP contribution in [0.4, 0.5) is 0 Å². The predicted molar refractivity (Wildman–Crippen MR) is 86.1 cm³/mol. The molecule has 0 aliphatic carbocycles. The molecule has 0 fully saturated rings. The molecule has 1 N–H and O–H groups in total. The topological polar surface area (TPSA) is 34.8 Å². The van der Waals surface area contributed by atoms with E-state index in [0.29, 0.717) is 6.04 Å². The van der Waals surface area contributed by atoms with E-state index in [4.69, 9.17) is 0 Å². The van der Waals surface area contributed by atoms with Gasteiger partial charge in [0.2, 0.25) is 0 Å². The Morgan fingerprint density at radius 3 is 2.81 bits per heavy atom. The average molecular weight is 282 g/mol. The Balaban J connectivity index is 1.73. The molecule has 0 unspecified atom stereocenters. The third kappa shape index (κ3) is 3.34. The van der Waals surface area contributed by atoms with Crippen molar-refractivity contribution in [1.29, 1.82) is 0 Å². The maximum atomic E-state index is 4.25. The zero-order valence-corrected chi connectivity index (χ0v) is 12.7. The Hall–Kier alpha value is -2.07. The molecule has 4 heteroatoms. The number of nitrogens with zero attached hydrogens (tertiary/aromatic N) is 3. The summed E-state index contributed by atoms with van der Waals surface area (Å²) in [5.41, 5.74) is 2.62. The maximum absolute atomic E-state index is 4.25. The second-order valence-electron chi connectivity index (χ2n) is 5.71. The lowest BCUT2D eigenvalue weighted by Crippen LogP contribution is -2.21. The molecule has 0 amide bonds. The minimum Gasteiger partial charge on any atom is -0.346 e. The molecule has 2 heterocycles. The highest BCUT2D eigenvalue weighted by molar-refractivity contribution is 5.80. The number of aryl methyl sites for hydroxylation is 2. The van der Waals surface area contributed by atoms with Crippen LogP contribution in [0, 0.1) is 0 Å². The number of nitrogens with one attached hydrogen (secondary N) is 1. The molecule has 0 bridgehead atoms. The van der Waals surface area contributed by atoms with Gasteiger partial charge in [0.25, 0.3) is 0 Å². The van der Waals surface area contributed by atoms with E-state index in [1.165, 1.54) is 16.5 Å². The summed E-state index contributed by atoms with van der Waals surface area (Å²) in [7, 11) is 0. The molecular formula is C17H22N4. The molecule has 0 saturated carbocycles. The first-order valence-corrected chi connectivity index (χ1v) is 7.51. The van der Waals surface area contributed by atoms with E-state index in [9.17, 15) is 0 Å². The van der Waals surface area contributed by atoms with Gasteiger partial charge in [-0.1, -0.05) is 19.9 Å². The number of rotatable bonds is 6. The summed E-state index contributed by atoms with van der Waals surface area (Å²) in [6, 6.07) is 11.4. The van der Waals surface area contributed by atoms with Gasteiger partial charge >= 0.3 is 0 Å². The Kier molecular flexibility index (Phi) is 4.06. The first-order chi connectivity index (χ1) is 10.2. The molecule has 1 aromatic carbocycles. The minimum atomic E-state index is 0.513. The molecule has 3 aromatic rings. The highest BCUT2D eigenvalue weighted by Crippen LogP contribution is 2.18. The molecule has 2 aromatic heterocycles. The van der Waals surface area contributed by atoms with Crippen LogP contribution in [0.3, 0.4) is 0 Å². The molecule has 0 aliphatic rings. The average Bonchev–Trinajstić information content (AvgIpc) is 3.12. The van der Waals surface area contributed by atoms with Gasteiger partial charge in [0.05, 0.1) is 6.54 Å². The van der Waals surface area contributed by atoms with Gasteiger partial charge < -0.3 is 9.88 Å².